The van der Waals surface area contributed by atoms with Crippen LogP contribution < -0.4 is 14.8 Å². The number of aryl methyl sites for hydroxylation is 1. The summed E-state index contributed by atoms with van der Waals surface area (Å²) in [5, 5.41) is 2.86. The van der Waals surface area contributed by atoms with Crippen LogP contribution in [-0.4, -0.2) is 24.4 Å². The molecule has 1 heterocycles. The quantitative estimate of drug-likeness (QED) is 0.740. The number of hydrogen-bond acceptors (Lipinski definition) is 4. The molecule has 1 aliphatic heterocycles. The van der Waals surface area contributed by atoms with Gasteiger partial charge in [0, 0.05) is 36.5 Å². The Balaban J connectivity index is 1.64. The molecule has 0 fully saturated rings. The van der Waals surface area contributed by atoms with Gasteiger partial charge in [-0.1, -0.05) is 29.8 Å². The molecule has 0 aliphatic carbocycles. The van der Waals surface area contributed by atoms with E-state index in [4.69, 9.17) is 9.47 Å². The Hall–Kier alpha value is -2.82. The van der Waals surface area contributed by atoms with Crippen molar-refractivity contribution >= 4 is 17.4 Å². The smallest absolute Gasteiger partial charge is 0.224 e. The largest absolute Gasteiger partial charge is 0.492 e. The molecule has 0 unspecified atom stereocenters. The molecule has 0 radical (unpaired) electrons. The van der Waals surface area contributed by atoms with Crippen LogP contribution in [0, 0.1) is 6.92 Å². The van der Waals surface area contributed by atoms with E-state index in [0.717, 1.165) is 23.3 Å². The van der Waals surface area contributed by atoms with Crippen molar-refractivity contribution < 1.29 is 19.1 Å². The van der Waals surface area contributed by atoms with E-state index in [9.17, 15) is 9.59 Å². The van der Waals surface area contributed by atoms with E-state index in [1.54, 1.807) is 12.1 Å². The lowest BCUT2D eigenvalue weighted by Crippen LogP contribution is -2.14. The molecule has 142 valence electrons. The SMILES string of the molecule is CCOc1cc2c(cc1NC(=O)CCC(=O)c1ccc(C)cc1)O[C@H](C)C2. The number of fused-ring (bicyclic) bond motifs is 1. The monoisotopic (exact) mass is 367 g/mol. The van der Waals surface area contributed by atoms with E-state index < -0.39 is 0 Å². The van der Waals surface area contributed by atoms with Gasteiger partial charge in [-0.15, -0.1) is 0 Å². The lowest BCUT2D eigenvalue weighted by Gasteiger charge is -2.13. The summed E-state index contributed by atoms with van der Waals surface area (Å²) in [5.74, 6) is 1.15. The molecule has 1 N–H and O–H groups in total. The summed E-state index contributed by atoms with van der Waals surface area (Å²) in [6, 6.07) is 11.1. The standard InChI is InChI=1S/C22H25NO4/c1-4-26-21-12-17-11-15(3)27-20(17)13-18(21)23-22(25)10-9-19(24)16-7-5-14(2)6-8-16/h5-8,12-13,15H,4,9-11H2,1-3H3,(H,23,25)/t15-/m1/s1. The van der Waals surface area contributed by atoms with Crippen LogP contribution in [0.5, 0.6) is 11.5 Å². The third kappa shape index (κ3) is 4.67. The average Bonchev–Trinajstić information content (AvgIpc) is 2.99. The first-order chi connectivity index (χ1) is 13.0. The highest BCUT2D eigenvalue weighted by atomic mass is 16.5. The minimum absolute atomic E-state index is 0.0405. The summed E-state index contributed by atoms with van der Waals surface area (Å²) in [6.45, 7) is 6.39. The number of nitrogens with one attached hydrogen (secondary N) is 1. The minimum Gasteiger partial charge on any atom is -0.492 e. The Morgan fingerprint density at radius 3 is 2.63 bits per heavy atom. The zero-order valence-corrected chi connectivity index (χ0v) is 16.0. The van der Waals surface area contributed by atoms with Crippen LogP contribution in [0.1, 0.15) is 48.2 Å². The molecule has 0 saturated heterocycles. The molecule has 5 nitrogen and oxygen atoms in total. The number of carbonyl (C=O) groups excluding carboxylic acids is 2. The Morgan fingerprint density at radius 1 is 1.19 bits per heavy atom. The molecule has 1 amide bonds. The third-order valence-corrected chi connectivity index (χ3v) is 4.52. The van der Waals surface area contributed by atoms with Crippen molar-refractivity contribution in [3.05, 3.63) is 53.1 Å². The fraction of sp³-hybridized carbons (Fsp3) is 0.364. The van der Waals surface area contributed by atoms with Gasteiger partial charge in [0.2, 0.25) is 5.91 Å². The number of Topliss-reactive ketones (excluding diaryl/α,β-unsaturated/α-hetero) is 1. The van der Waals surface area contributed by atoms with Crippen LogP contribution in [0.15, 0.2) is 36.4 Å². The molecule has 1 aliphatic rings. The maximum atomic E-state index is 12.4. The first-order valence-corrected chi connectivity index (χ1v) is 9.32. The van der Waals surface area contributed by atoms with Crippen LogP contribution in [0.2, 0.25) is 0 Å². The van der Waals surface area contributed by atoms with Crippen molar-refractivity contribution in [2.45, 2.75) is 46.1 Å². The molecule has 1 atom stereocenters. The third-order valence-electron chi connectivity index (χ3n) is 4.52. The Kier molecular flexibility index (Phi) is 5.79. The normalized spacial score (nSPS) is 15.0. The van der Waals surface area contributed by atoms with Gasteiger partial charge in [0.25, 0.3) is 0 Å². The second-order valence-electron chi connectivity index (χ2n) is 6.86. The Bertz CT molecular complexity index is 842. The summed E-state index contributed by atoms with van der Waals surface area (Å²) in [7, 11) is 0. The number of hydrogen-bond donors (Lipinski definition) is 1. The highest BCUT2D eigenvalue weighted by Crippen LogP contribution is 2.38. The molecular formula is C22H25NO4. The Morgan fingerprint density at radius 2 is 1.93 bits per heavy atom. The van der Waals surface area contributed by atoms with Gasteiger partial charge in [0.15, 0.2) is 5.78 Å². The zero-order chi connectivity index (χ0) is 19.4. The first-order valence-electron chi connectivity index (χ1n) is 9.32. The van der Waals surface area contributed by atoms with Crippen LogP contribution in [0.4, 0.5) is 5.69 Å². The molecule has 5 heteroatoms. The zero-order valence-electron chi connectivity index (χ0n) is 16.0. The van der Waals surface area contributed by atoms with Crippen molar-refractivity contribution in [2.75, 3.05) is 11.9 Å². The fourth-order valence-corrected chi connectivity index (χ4v) is 3.14. The van der Waals surface area contributed by atoms with Gasteiger partial charge < -0.3 is 14.8 Å². The minimum atomic E-state index is -0.220. The summed E-state index contributed by atoms with van der Waals surface area (Å²) >= 11 is 0. The second-order valence-corrected chi connectivity index (χ2v) is 6.86. The lowest BCUT2D eigenvalue weighted by molar-refractivity contribution is -0.116. The second kappa shape index (κ2) is 8.25. The van der Waals surface area contributed by atoms with Crippen molar-refractivity contribution in [2.24, 2.45) is 0 Å². The van der Waals surface area contributed by atoms with Gasteiger partial charge in [0.05, 0.1) is 12.3 Å². The van der Waals surface area contributed by atoms with Crippen molar-refractivity contribution in [1.29, 1.82) is 0 Å². The number of rotatable bonds is 7. The predicted octanol–water partition coefficient (Wildman–Crippen LogP) is 4.32. The topological polar surface area (TPSA) is 64.6 Å². The van der Waals surface area contributed by atoms with E-state index >= 15 is 0 Å². The first kappa shape index (κ1) is 19.0. The van der Waals surface area contributed by atoms with E-state index in [-0.39, 0.29) is 30.6 Å². The number of ketones is 1. The molecule has 0 spiro atoms. The van der Waals surface area contributed by atoms with Crippen LogP contribution in [0.3, 0.4) is 0 Å². The molecule has 0 saturated carbocycles. The number of benzene rings is 2. The van der Waals surface area contributed by atoms with Crippen LogP contribution in [-0.2, 0) is 11.2 Å². The van der Waals surface area contributed by atoms with Crippen molar-refractivity contribution in [3.63, 3.8) is 0 Å². The predicted molar refractivity (Wildman–Crippen MR) is 105 cm³/mol. The van der Waals surface area contributed by atoms with Gasteiger partial charge in [-0.3, -0.25) is 9.59 Å². The van der Waals surface area contributed by atoms with Gasteiger partial charge in [-0.2, -0.15) is 0 Å². The summed E-state index contributed by atoms with van der Waals surface area (Å²) in [4.78, 5) is 24.6. The highest BCUT2D eigenvalue weighted by molar-refractivity contribution is 6.00. The van der Waals surface area contributed by atoms with Crippen LogP contribution >= 0.6 is 0 Å². The lowest BCUT2D eigenvalue weighted by atomic mass is 10.0. The van der Waals surface area contributed by atoms with E-state index in [1.807, 2.05) is 45.0 Å². The van der Waals surface area contributed by atoms with Crippen LogP contribution in [0.25, 0.3) is 0 Å². The Labute approximate surface area is 159 Å². The molecule has 0 aromatic heterocycles. The van der Waals surface area contributed by atoms with Crippen molar-refractivity contribution in [3.8, 4) is 11.5 Å². The number of amides is 1. The number of carbonyl (C=O) groups is 2. The number of anilines is 1. The summed E-state index contributed by atoms with van der Waals surface area (Å²) in [5.41, 5.74) is 3.39. The molecule has 2 aromatic rings. The van der Waals surface area contributed by atoms with Gasteiger partial charge >= 0.3 is 0 Å². The fourth-order valence-electron chi connectivity index (χ4n) is 3.14. The molecule has 0 bridgehead atoms. The van der Waals surface area contributed by atoms with Gasteiger partial charge in [0.1, 0.15) is 17.6 Å². The summed E-state index contributed by atoms with van der Waals surface area (Å²) < 4.78 is 11.4. The van der Waals surface area contributed by atoms with E-state index in [2.05, 4.69) is 5.32 Å². The van der Waals surface area contributed by atoms with Crippen molar-refractivity contribution in [1.82, 2.24) is 0 Å². The average molecular weight is 367 g/mol. The molecular weight excluding hydrogens is 342 g/mol. The highest BCUT2D eigenvalue weighted by Gasteiger charge is 2.22. The number of ether oxygens (including phenoxy) is 2. The van der Waals surface area contributed by atoms with Gasteiger partial charge in [-0.25, -0.2) is 0 Å². The maximum Gasteiger partial charge on any atom is 0.224 e. The summed E-state index contributed by atoms with van der Waals surface area (Å²) in [6.07, 6.45) is 1.23. The maximum absolute atomic E-state index is 12.4. The van der Waals surface area contributed by atoms with E-state index in [0.29, 0.717) is 23.6 Å². The molecule has 3 rings (SSSR count). The molecule has 2 aromatic carbocycles. The van der Waals surface area contributed by atoms with E-state index in [1.165, 1.54) is 0 Å². The molecule has 27 heavy (non-hydrogen) atoms. The van der Waals surface area contributed by atoms with Gasteiger partial charge in [-0.05, 0) is 26.8 Å².